The maximum Gasteiger partial charge on any atom is 0.317 e. The Morgan fingerprint density at radius 3 is 2.59 bits per heavy atom. The largest absolute Gasteiger partial charge is 0.481 e. The second kappa shape index (κ2) is 6.44. The molecule has 0 aromatic rings. The number of aliphatic hydroxyl groups excluding tert-OH is 1. The molecular formula is C11H20N2O4. The van der Waals surface area contributed by atoms with E-state index in [1.807, 2.05) is 0 Å². The van der Waals surface area contributed by atoms with Gasteiger partial charge in [0.05, 0.1) is 6.61 Å². The van der Waals surface area contributed by atoms with Crippen molar-refractivity contribution in [3.63, 3.8) is 0 Å². The molecule has 0 aromatic heterocycles. The maximum atomic E-state index is 11.8. The number of hydrogen-bond donors (Lipinski definition) is 3. The number of carboxylic acids is 1. The minimum absolute atomic E-state index is 0.0465. The number of aliphatic hydroxyl groups is 1. The third kappa shape index (κ3) is 5.04. The molecule has 1 aliphatic rings. The first kappa shape index (κ1) is 13.8. The maximum absolute atomic E-state index is 11.8. The summed E-state index contributed by atoms with van der Waals surface area (Å²) in [6.45, 7) is 2.07. The van der Waals surface area contributed by atoms with Crippen molar-refractivity contribution in [2.45, 2.75) is 44.7 Å². The second-order valence-electron chi connectivity index (χ2n) is 4.43. The summed E-state index contributed by atoms with van der Waals surface area (Å²) < 4.78 is 0. The van der Waals surface area contributed by atoms with Crippen molar-refractivity contribution >= 4 is 12.0 Å². The Morgan fingerprint density at radius 2 is 2.12 bits per heavy atom. The van der Waals surface area contributed by atoms with Crippen LogP contribution in [0.25, 0.3) is 0 Å². The normalized spacial score (nSPS) is 16.4. The highest BCUT2D eigenvalue weighted by Gasteiger charge is 2.32. The van der Waals surface area contributed by atoms with Gasteiger partial charge in [0.15, 0.2) is 0 Å². The van der Waals surface area contributed by atoms with Gasteiger partial charge in [-0.2, -0.15) is 0 Å². The van der Waals surface area contributed by atoms with Crippen molar-refractivity contribution in [2.75, 3.05) is 13.2 Å². The SMILES string of the molecule is CC(CCC(=O)O)NC(=O)N(CCO)C1CC1. The minimum Gasteiger partial charge on any atom is -0.481 e. The summed E-state index contributed by atoms with van der Waals surface area (Å²) >= 11 is 0. The van der Waals surface area contributed by atoms with Crippen LogP contribution >= 0.6 is 0 Å². The van der Waals surface area contributed by atoms with Crippen molar-refractivity contribution < 1.29 is 19.8 Å². The molecule has 0 spiro atoms. The lowest BCUT2D eigenvalue weighted by Gasteiger charge is -2.24. The summed E-state index contributed by atoms with van der Waals surface area (Å²) in [6, 6.07) is -0.133. The molecule has 0 bridgehead atoms. The molecular weight excluding hydrogens is 224 g/mol. The highest BCUT2D eigenvalue weighted by molar-refractivity contribution is 5.75. The zero-order chi connectivity index (χ0) is 12.8. The fraction of sp³-hybridized carbons (Fsp3) is 0.818. The van der Waals surface area contributed by atoms with E-state index in [9.17, 15) is 9.59 Å². The predicted octanol–water partition coefficient (Wildman–Crippen LogP) is 0.406. The average molecular weight is 244 g/mol. The number of aliphatic carboxylic acids is 1. The van der Waals surface area contributed by atoms with Crippen LogP contribution in [0.5, 0.6) is 0 Å². The van der Waals surface area contributed by atoms with Crippen LogP contribution in [0.2, 0.25) is 0 Å². The minimum atomic E-state index is -0.861. The van der Waals surface area contributed by atoms with Crippen LogP contribution in [0, 0.1) is 0 Å². The Kier molecular flexibility index (Phi) is 5.21. The van der Waals surface area contributed by atoms with Gasteiger partial charge in [0, 0.05) is 25.0 Å². The van der Waals surface area contributed by atoms with Gasteiger partial charge in [-0.25, -0.2) is 4.79 Å². The van der Waals surface area contributed by atoms with Gasteiger partial charge in [-0.1, -0.05) is 0 Å². The molecule has 0 saturated heterocycles. The quantitative estimate of drug-likeness (QED) is 0.605. The topological polar surface area (TPSA) is 89.9 Å². The van der Waals surface area contributed by atoms with Crippen molar-refractivity contribution in [3.05, 3.63) is 0 Å². The van der Waals surface area contributed by atoms with Crippen molar-refractivity contribution in [1.82, 2.24) is 10.2 Å². The molecule has 3 N–H and O–H groups in total. The number of amides is 2. The molecule has 0 radical (unpaired) electrons. The van der Waals surface area contributed by atoms with E-state index in [2.05, 4.69) is 5.32 Å². The zero-order valence-electron chi connectivity index (χ0n) is 10.1. The van der Waals surface area contributed by atoms with Gasteiger partial charge in [-0.15, -0.1) is 0 Å². The lowest BCUT2D eigenvalue weighted by Crippen LogP contribution is -2.46. The summed E-state index contributed by atoms with van der Waals surface area (Å²) in [4.78, 5) is 23.8. The summed E-state index contributed by atoms with van der Waals surface area (Å²) in [5.41, 5.74) is 0. The van der Waals surface area contributed by atoms with Crippen molar-refractivity contribution in [1.29, 1.82) is 0 Å². The predicted molar refractivity (Wildman–Crippen MR) is 61.7 cm³/mol. The summed E-state index contributed by atoms with van der Waals surface area (Å²) in [5.74, 6) is -0.861. The zero-order valence-corrected chi connectivity index (χ0v) is 10.1. The Bertz CT molecular complexity index is 279. The van der Waals surface area contributed by atoms with E-state index in [1.54, 1.807) is 11.8 Å². The number of carboxylic acid groups (broad SMARTS) is 1. The van der Waals surface area contributed by atoms with Gasteiger partial charge in [0.1, 0.15) is 0 Å². The smallest absolute Gasteiger partial charge is 0.317 e. The van der Waals surface area contributed by atoms with E-state index in [0.29, 0.717) is 13.0 Å². The van der Waals surface area contributed by atoms with Crippen LogP contribution in [0.4, 0.5) is 4.79 Å². The fourth-order valence-corrected chi connectivity index (χ4v) is 1.65. The standard InChI is InChI=1S/C11H20N2O4/c1-8(2-5-10(15)16)12-11(17)13(6-7-14)9-3-4-9/h8-9,14H,2-7H2,1H3,(H,12,17)(H,15,16). The highest BCUT2D eigenvalue weighted by Crippen LogP contribution is 2.26. The second-order valence-corrected chi connectivity index (χ2v) is 4.43. The van der Waals surface area contributed by atoms with Crippen LogP contribution in [0.1, 0.15) is 32.6 Å². The molecule has 98 valence electrons. The van der Waals surface area contributed by atoms with E-state index in [4.69, 9.17) is 10.2 Å². The third-order valence-electron chi connectivity index (χ3n) is 2.75. The van der Waals surface area contributed by atoms with Gasteiger partial charge >= 0.3 is 12.0 Å². The number of nitrogens with zero attached hydrogens (tertiary/aromatic N) is 1. The van der Waals surface area contributed by atoms with Gasteiger partial charge in [0.2, 0.25) is 0 Å². The molecule has 0 aromatic carbocycles. The Hall–Kier alpha value is -1.30. The molecule has 1 saturated carbocycles. The van der Waals surface area contributed by atoms with Crippen molar-refractivity contribution in [2.24, 2.45) is 0 Å². The Balaban J connectivity index is 2.32. The number of carbonyl (C=O) groups excluding carboxylic acids is 1. The first-order valence-electron chi connectivity index (χ1n) is 5.94. The van der Waals surface area contributed by atoms with Gasteiger partial charge in [0.25, 0.3) is 0 Å². The summed E-state index contributed by atoms with van der Waals surface area (Å²) in [5, 5.41) is 20.2. The highest BCUT2D eigenvalue weighted by atomic mass is 16.4. The van der Waals surface area contributed by atoms with E-state index in [1.165, 1.54) is 0 Å². The summed E-state index contributed by atoms with van der Waals surface area (Å²) in [7, 11) is 0. The molecule has 0 heterocycles. The summed E-state index contributed by atoms with van der Waals surface area (Å²) in [6.07, 6.45) is 2.43. The van der Waals surface area contributed by atoms with Crippen LogP contribution in [0.15, 0.2) is 0 Å². The van der Waals surface area contributed by atoms with Gasteiger partial charge in [-0.05, 0) is 26.2 Å². The Labute approximate surface area is 101 Å². The van der Waals surface area contributed by atoms with Gasteiger partial charge in [-0.3, -0.25) is 4.79 Å². The van der Waals surface area contributed by atoms with Crippen LogP contribution in [-0.2, 0) is 4.79 Å². The molecule has 1 aliphatic carbocycles. The third-order valence-corrected chi connectivity index (χ3v) is 2.75. The van der Waals surface area contributed by atoms with E-state index in [-0.39, 0.29) is 31.1 Å². The van der Waals surface area contributed by atoms with Crippen LogP contribution < -0.4 is 5.32 Å². The number of urea groups is 1. The number of carbonyl (C=O) groups is 2. The number of nitrogens with one attached hydrogen (secondary N) is 1. The Morgan fingerprint density at radius 1 is 1.47 bits per heavy atom. The molecule has 1 rings (SSSR count). The lowest BCUT2D eigenvalue weighted by atomic mass is 10.2. The van der Waals surface area contributed by atoms with Gasteiger partial charge < -0.3 is 20.4 Å². The van der Waals surface area contributed by atoms with Crippen LogP contribution in [-0.4, -0.2) is 52.3 Å². The van der Waals surface area contributed by atoms with E-state index < -0.39 is 5.97 Å². The average Bonchev–Trinajstić information content (AvgIpc) is 3.06. The molecule has 6 nitrogen and oxygen atoms in total. The fourth-order valence-electron chi connectivity index (χ4n) is 1.65. The molecule has 0 aliphatic heterocycles. The lowest BCUT2D eigenvalue weighted by molar-refractivity contribution is -0.137. The monoisotopic (exact) mass is 244 g/mol. The van der Waals surface area contributed by atoms with E-state index >= 15 is 0 Å². The first-order chi connectivity index (χ1) is 8.04. The molecule has 2 amide bonds. The molecule has 1 fully saturated rings. The van der Waals surface area contributed by atoms with Crippen LogP contribution in [0.3, 0.4) is 0 Å². The van der Waals surface area contributed by atoms with E-state index in [0.717, 1.165) is 12.8 Å². The number of rotatable bonds is 7. The molecule has 1 unspecified atom stereocenters. The number of hydrogen-bond acceptors (Lipinski definition) is 3. The molecule has 17 heavy (non-hydrogen) atoms. The molecule has 6 heteroatoms. The molecule has 1 atom stereocenters. The van der Waals surface area contributed by atoms with Crippen molar-refractivity contribution in [3.8, 4) is 0 Å². The first-order valence-corrected chi connectivity index (χ1v) is 5.94.